The average Bonchev–Trinajstić information content (AvgIpc) is 3.58. The van der Waals surface area contributed by atoms with Crippen molar-refractivity contribution in [3.63, 3.8) is 0 Å². The van der Waals surface area contributed by atoms with E-state index in [4.69, 9.17) is 15.0 Å². The van der Waals surface area contributed by atoms with Crippen molar-refractivity contribution < 1.29 is 0 Å². The highest BCUT2D eigenvalue weighted by Gasteiger charge is 2.62. The molecule has 4 bridgehead atoms. The summed E-state index contributed by atoms with van der Waals surface area (Å²) in [5, 5.41) is 12.2. The van der Waals surface area contributed by atoms with Crippen LogP contribution in [0.25, 0.3) is 78.3 Å². The molecule has 8 aromatic rings. The summed E-state index contributed by atoms with van der Waals surface area (Å²) < 4.78 is 0. The second-order valence-corrected chi connectivity index (χ2v) is 17.1. The molecule has 4 heteroatoms. The Labute approximate surface area is 338 Å². The maximum atomic E-state index is 10.0. The maximum absolute atomic E-state index is 10.0. The highest BCUT2D eigenvalue weighted by molar-refractivity contribution is 6.02. The van der Waals surface area contributed by atoms with E-state index in [2.05, 4.69) is 121 Å². The Kier molecular flexibility index (Phi) is 7.45. The molecule has 4 fully saturated rings. The van der Waals surface area contributed by atoms with Gasteiger partial charge in [0, 0.05) is 27.5 Å². The number of aromatic nitrogens is 3. The third kappa shape index (κ3) is 4.96. The standard InChI is InChI=1S/C54H40N4/c55-32-40-23-24-45(44-15-8-7-14-43(40)44)47-16-9-17-48-46-25-22-39(31-49(46)54(50(47)48)41-27-33-26-34(29-41)30-42(54)28-33)35-18-20-38(21-19-35)53-57-51(36-10-3-1-4-11-36)56-52(58-53)37-12-5-2-6-13-37/h1-25,31,33-34,41-42H,26-30H2. The van der Waals surface area contributed by atoms with Crippen LogP contribution in [0.5, 0.6) is 0 Å². The predicted octanol–water partition coefficient (Wildman–Crippen LogP) is 13.0. The van der Waals surface area contributed by atoms with Gasteiger partial charge in [0.05, 0.1) is 11.6 Å². The Bertz CT molecular complexity index is 2880. The highest BCUT2D eigenvalue weighted by Crippen LogP contribution is 2.70. The SMILES string of the molecule is N#Cc1ccc(-c2cccc3c2C2(c4cc(-c5ccc(-c6nc(-c7ccccc7)nc(-c7ccccc7)n6)cc5)ccc4-3)C3CC4CC(C3)CC2C4)c2ccccc12. The topological polar surface area (TPSA) is 62.5 Å². The summed E-state index contributed by atoms with van der Waals surface area (Å²) in [7, 11) is 0. The summed E-state index contributed by atoms with van der Waals surface area (Å²) in [6, 6.07) is 58.7. The largest absolute Gasteiger partial charge is 0.208 e. The molecular formula is C54H40N4. The van der Waals surface area contributed by atoms with Crippen LogP contribution in [0.3, 0.4) is 0 Å². The Morgan fingerprint density at radius 2 is 0.931 bits per heavy atom. The van der Waals surface area contributed by atoms with Crippen LogP contribution < -0.4 is 0 Å². The number of fused-ring (bicyclic) bond motifs is 4. The number of hydrogen-bond acceptors (Lipinski definition) is 4. The minimum Gasteiger partial charge on any atom is -0.208 e. The molecule has 0 radical (unpaired) electrons. The second kappa shape index (κ2) is 12.9. The fourth-order valence-corrected chi connectivity index (χ4v) is 12.0. The van der Waals surface area contributed by atoms with Crippen LogP contribution in [0.1, 0.15) is 48.8 Å². The zero-order valence-corrected chi connectivity index (χ0v) is 32.1. The molecule has 0 atom stereocenters. The maximum Gasteiger partial charge on any atom is 0.164 e. The third-order valence-corrected chi connectivity index (χ3v) is 14.2. The van der Waals surface area contributed by atoms with Crippen LogP contribution in [0.15, 0.2) is 158 Å². The monoisotopic (exact) mass is 744 g/mol. The third-order valence-electron chi connectivity index (χ3n) is 14.2. The van der Waals surface area contributed by atoms with Gasteiger partial charge in [0.2, 0.25) is 0 Å². The summed E-state index contributed by atoms with van der Waals surface area (Å²) in [5.74, 6) is 4.93. The minimum atomic E-state index is -0.0355. The van der Waals surface area contributed by atoms with Crippen molar-refractivity contribution in [2.45, 2.75) is 37.5 Å². The summed E-state index contributed by atoms with van der Waals surface area (Å²) in [4.78, 5) is 14.9. The van der Waals surface area contributed by atoms with Gasteiger partial charge in [-0.25, -0.2) is 15.0 Å². The van der Waals surface area contributed by atoms with Crippen LogP contribution in [0.2, 0.25) is 0 Å². The van der Waals surface area contributed by atoms with E-state index in [0.717, 1.165) is 44.9 Å². The number of rotatable bonds is 5. The van der Waals surface area contributed by atoms with Gasteiger partial charge in [-0.3, -0.25) is 0 Å². The number of nitriles is 1. The van der Waals surface area contributed by atoms with Crippen molar-refractivity contribution in [1.29, 1.82) is 5.26 Å². The van der Waals surface area contributed by atoms with Crippen molar-refractivity contribution >= 4 is 10.8 Å². The molecular weight excluding hydrogens is 705 g/mol. The van der Waals surface area contributed by atoms with Gasteiger partial charge in [0.1, 0.15) is 0 Å². The van der Waals surface area contributed by atoms with E-state index in [-0.39, 0.29) is 5.41 Å². The van der Waals surface area contributed by atoms with Crippen molar-refractivity contribution in [3.8, 4) is 73.6 Å². The number of benzene rings is 7. The van der Waals surface area contributed by atoms with Crippen molar-refractivity contribution in [2.24, 2.45) is 23.7 Å². The van der Waals surface area contributed by atoms with E-state index in [1.807, 2.05) is 42.5 Å². The molecule has 5 aliphatic rings. The lowest BCUT2D eigenvalue weighted by atomic mass is 9.42. The van der Waals surface area contributed by atoms with Crippen molar-refractivity contribution in [2.75, 3.05) is 0 Å². The molecule has 1 heterocycles. The fraction of sp³-hybridized carbons (Fsp3) is 0.185. The summed E-state index contributed by atoms with van der Waals surface area (Å²) >= 11 is 0. The molecule has 0 saturated heterocycles. The summed E-state index contributed by atoms with van der Waals surface area (Å²) in [6.07, 6.45) is 6.67. The van der Waals surface area contributed by atoms with E-state index >= 15 is 0 Å². The van der Waals surface area contributed by atoms with Gasteiger partial charge in [0.25, 0.3) is 0 Å². The zero-order chi connectivity index (χ0) is 38.4. The molecule has 58 heavy (non-hydrogen) atoms. The molecule has 4 nitrogen and oxygen atoms in total. The molecule has 1 aromatic heterocycles. The first-order valence-electron chi connectivity index (χ1n) is 20.8. The fourth-order valence-electron chi connectivity index (χ4n) is 12.0. The van der Waals surface area contributed by atoms with E-state index in [0.29, 0.717) is 29.3 Å². The lowest BCUT2D eigenvalue weighted by molar-refractivity contribution is -0.0397. The smallest absolute Gasteiger partial charge is 0.164 e. The van der Waals surface area contributed by atoms with E-state index in [1.54, 1.807) is 5.56 Å². The molecule has 0 unspecified atom stereocenters. The van der Waals surface area contributed by atoms with Gasteiger partial charge < -0.3 is 0 Å². The number of hydrogen-bond donors (Lipinski definition) is 0. The highest BCUT2D eigenvalue weighted by atomic mass is 15.0. The lowest BCUT2D eigenvalue weighted by Crippen LogP contribution is -2.55. The van der Waals surface area contributed by atoms with Crippen LogP contribution >= 0.6 is 0 Å². The molecule has 0 N–H and O–H groups in total. The van der Waals surface area contributed by atoms with Crippen LogP contribution in [0.4, 0.5) is 0 Å². The van der Waals surface area contributed by atoms with E-state index < -0.39 is 0 Å². The Morgan fingerprint density at radius 3 is 1.53 bits per heavy atom. The Morgan fingerprint density at radius 1 is 0.431 bits per heavy atom. The van der Waals surface area contributed by atoms with Crippen LogP contribution in [0, 0.1) is 35.0 Å². The predicted molar refractivity (Wildman–Crippen MR) is 232 cm³/mol. The molecule has 1 spiro atoms. The van der Waals surface area contributed by atoms with Crippen molar-refractivity contribution in [3.05, 3.63) is 174 Å². The van der Waals surface area contributed by atoms with Crippen LogP contribution in [-0.4, -0.2) is 15.0 Å². The molecule has 0 amide bonds. The summed E-state index contributed by atoms with van der Waals surface area (Å²) in [6.45, 7) is 0. The molecule has 4 saturated carbocycles. The van der Waals surface area contributed by atoms with Crippen molar-refractivity contribution in [1.82, 2.24) is 15.0 Å². The zero-order valence-electron chi connectivity index (χ0n) is 32.1. The van der Waals surface area contributed by atoms with E-state index in [1.165, 1.54) is 71.0 Å². The van der Waals surface area contributed by atoms with Gasteiger partial charge in [-0.15, -0.1) is 0 Å². The average molecular weight is 745 g/mol. The number of nitrogens with zero attached hydrogens (tertiary/aromatic N) is 4. The second-order valence-electron chi connectivity index (χ2n) is 17.1. The van der Waals surface area contributed by atoms with E-state index in [9.17, 15) is 5.26 Å². The normalized spacial score (nSPS) is 22.2. The molecule has 7 aromatic carbocycles. The quantitative estimate of drug-likeness (QED) is 0.176. The van der Waals surface area contributed by atoms with Crippen LogP contribution in [-0.2, 0) is 5.41 Å². The molecule has 0 aliphatic heterocycles. The first kappa shape index (κ1) is 33.4. The van der Waals surface area contributed by atoms with Gasteiger partial charge in [-0.05, 0) is 118 Å². The molecule has 276 valence electrons. The van der Waals surface area contributed by atoms with Gasteiger partial charge in [0.15, 0.2) is 17.5 Å². The first-order valence-corrected chi connectivity index (χ1v) is 20.8. The first-order chi connectivity index (χ1) is 28.7. The van der Waals surface area contributed by atoms with Gasteiger partial charge in [-0.1, -0.05) is 146 Å². The Hall–Kier alpha value is -6.70. The molecule has 13 rings (SSSR count). The van der Waals surface area contributed by atoms with Gasteiger partial charge >= 0.3 is 0 Å². The Balaban J connectivity index is 0.990. The van der Waals surface area contributed by atoms with Gasteiger partial charge in [-0.2, -0.15) is 5.26 Å². The minimum absolute atomic E-state index is 0.0355. The molecule has 5 aliphatic carbocycles. The lowest BCUT2D eigenvalue weighted by Gasteiger charge is -2.61. The summed E-state index contributed by atoms with van der Waals surface area (Å²) in [5.41, 5.74) is 14.5.